The molecule has 0 aliphatic heterocycles. The molecule has 84 valence electrons. The number of aliphatic hydroxyl groups is 1. The molecular formula is C11H22O3. The van der Waals surface area contributed by atoms with Gasteiger partial charge in [0.25, 0.3) is 0 Å². The van der Waals surface area contributed by atoms with Gasteiger partial charge in [0.1, 0.15) is 0 Å². The van der Waals surface area contributed by atoms with Crippen LogP contribution >= 0.6 is 0 Å². The van der Waals surface area contributed by atoms with Gasteiger partial charge in [-0.3, -0.25) is 4.79 Å². The highest BCUT2D eigenvalue weighted by Crippen LogP contribution is 2.16. The van der Waals surface area contributed by atoms with Gasteiger partial charge in [0.15, 0.2) is 0 Å². The molecule has 0 aromatic carbocycles. The molecule has 0 spiro atoms. The second kappa shape index (κ2) is 7.80. The monoisotopic (exact) mass is 202 g/mol. The van der Waals surface area contributed by atoms with Gasteiger partial charge in [0.2, 0.25) is 0 Å². The maximum atomic E-state index is 11.5. The van der Waals surface area contributed by atoms with Crippen LogP contribution in [0.1, 0.15) is 46.5 Å². The summed E-state index contributed by atoms with van der Waals surface area (Å²) >= 11 is 0. The molecule has 0 radical (unpaired) electrons. The number of rotatable bonds is 7. The molecule has 0 saturated heterocycles. The van der Waals surface area contributed by atoms with Crippen molar-refractivity contribution < 1.29 is 14.6 Å². The number of ether oxygens (including phenoxy) is 1. The van der Waals surface area contributed by atoms with Gasteiger partial charge in [-0.05, 0) is 26.7 Å². The Bertz CT molecular complexity index is 155. The van der Waals surface area contributed by atoms with Crippen molar-refractivity contribution in [1.29, 1.82) is 0 Å². The smallest absolute Gasteiger partial charge is 0.309 e. The summed E-state index contributed by atoms with van der Waals surface area (Å²) in [5.41, 5.74) is 0. The zero-order valence-electron chi connectivity index (χ0n) is 9.45. The molecule has 1 N–H and O–H groups in total. The highest BCUT2D eigenvalue weighted by atomic mass is 16.5. The molecule has 2 unspecified atom stereocenters. The van der Waals surface area contributed by atoms with Crippen LogP contribution in [0.25, 0.3) is 0 Å². The number of carbonyl (C=O) groups is 1. The summed E-state index contributed by atoms with van der Waals surface area (Å²) in [5.74, 6) is -0.295. The summed E-state index contributed by atoms with van der Waals surface area (Å²) in [7, 11) is 0. The Morgan fingerprint density at radius 1 is 1.43 bits per heavy atom. The van der Waals surface area contributed by atoms with Crippen LogP contribution in [0.15, 0.2) is 0 Å². The first-order chi connectivity index (χ1) is 6.61. The van der Waals surface area contributed by atoms with E-state index < -0.39 is 6.10 Å². The minimum Gasteiger partial charge on any atom is -0.466 e. The predicted octanol–water partition coefficient (Wildman–Crippen LogP) is 2.13. The fraction of sp³-hybridized carbons (Fsp3) is 0.909. The van der Waals surface area contributed by atoms with Crippen LogP contribution in [-0.2, 0) is 9.53 Å². The van der Waals surface area contributed by atoms with Crippen LogP contribution in [0.3, 0.4) is 0 Å². The Morgan fingerprint density at radius 3 is 2.50 bits per heavy atom. The van der Waals surface area contributed by atoms with E-state index in [1.807, 2.05) is 0 Å². The summed E-state index contributed by atoms with van der Waals surface area (Å²) in [6, 6.07) is 0. The first-order valence-electron chi connectivity index (χ1n) is 5.46. The van der Waals surface area contributed by atoms with Crippen molar-refractivity contribution in [3.63, 3.8) is 0 Å². The molecule has 2 atom stereocenters. The van der Waals surface area contributed by atoms with Gasteiger partial charge in [0, 0.05) is 0 Å². The van der Waals surface area contributed by atoms with Gasteiger partial charge in [-0.1, -0.05) is 19.8 Å². The average Bonchev–Trinajstić information content (AvgIpc) is 2.12. The van der Waals surface area contributed by atoms with Crippen LogP contribution in [0.2, 0.25) is 0 Å². The van der Waals surface area contributed by atoms with Crippen LogP contribution < -0.4 is 0 Å². The molecule has 0 aromatic heterocycles. The van der Waals surface area contributed by atoms with Gasteiger partial charge in [-0.25, -0.2) is 0 Å². The summed E-state index contributed by atoms with van der Waals surface area (Å²) < 4.78 is 4.95. The predicted molar refractivity (Wildman–Crippen MR) is 55.9 cm³/mol. The Hall–Kier alpha value is -0.570. The van der Waals surface area contributed by atoms with Crippen molar-refractivity contribution in [1.82, 2.24) is 0 Å². The number of aliphatic hydroxyl groups excluding tert-OH is 1. The van der Waals surface area contributed by atoms with E-state index in [4.69, 9.17) is 4.74 Å². The SMILES string of the molecule is CCCCC(CC(C)O)C(=O)OCC. The van der Waals surface area contributed by atoms with Crippen LogP contribution in [0.5, 0.6) is 0 Å². The lowest BCUT2D eigenvalue weighted by atomic mass is 9.96. The molecule has 0 saturated carbocycles. The van der Waals surface area contributed by atoms with Gasteiger partial charge < -0.3 is 9.84 Å². The van der Waals surface area contributed by atoms with E-state index >= 15 is 0 Å². The fourth-order valence-corrected chi connectivity index (χ4v) is 1.45. The van der Waals surface area contributed by atoms with Crippen molar-refractivity contribution in [2.24, 2.45) is 5.92 Å². The Kier molecular flexibility index (Phi) is 7.48. The van der Waals surface area contributed by atoms with Gasteiger partial charge in [-0.2, -0.15) is 0 Å². The van der Waals surface area contributed by atoms with Crippen molar-refractivity contribution in [3.05, 3.63) is 0 Å². The number of esters is 1. The lowest BCUT2D eigenvalue weighted by molar-refractivity contribution is -0.149. The molecule has 0 bridgehead atoms. The van der Waals surface area contributed by atoms with Gasteiger partial charge in [0.05, 0.1) is 18.6 Å². The fourth-order valence-electron chi connectivity index (χ4n) is 1.45. The van der Waals surface area contributed by atoms with Gasteiger partial charge in [-0.15, -0.1) is 0 Å². The lowest BCUT2D eigenvalue weighted by Gasteiger charge is -2.16. The van der Waals surface area contributed by atoms with E-state index in [1.165, 1.54) is 0 Å². The molecule has 0 aromatic rings. The van der Waals surface area contributed by atoms with Crippen LogP contribution in [0, 0.1) is 5.92 Å². The molecule has 0 rings (SSSR count). The topological polar surface area (TPSA) is 46.5 Å². The molecule has 0 aliphatic rings. The summed E-state index contributed by atoms with van der Waals surface area (Å²) in [4.78, 5) is 11.5. The number of hydrogen-bond donors (Lipinski definition) is 1. The third kappa shape index (κ3) is 5.97. The summed E-state index contributed by atoms with van der Waals surface area (Å²) in [5, 5.41) is 9.23. The maximum absolute atomic E-state index is 11.5. The van der Waals surface area contributed by atoms with Crippen LogP contribution in [-0.4, -0.2) is 23.8 Å². The Morgan fingerprint density at radius 2 is 2.07 bits per heavy atom. The van der Waals surface area contributed by atoms with Crippen molar-refractivity contribution in [2.45, 2.75) is 52.6 Å². The third-order valence-corrected chi connectivity index (χ3v) is 2.15. The second-order valence-electron chi connectivity index (χ2n) is 3.68. The first-order valence-corrected chi connectivity index (χ1v) is 5.46. The van der Waals surface area contributed by atoms with E-state index in [0.717, 1.165) is 19.3 Å². The van der Waals surface area contributed by atoms with E-state index in [1.54, 1.807) is 13.8 Å². The number of unbranched alkanes of at least 4 members (excludes halogenated alkanes) is 1. The highest BCUT2D eigenvalue weighted by molar-refractivity contribution is 5.72. The average molecular weight is 202 g/mol. The lowest BCUT2D eigenvalue weighted by Crippen LogP contribution is -2.22. The normalized spacial score (nSPS) is 14.9. The van der Waals surface area contributed by atoms with E-state index in [2.05, 4.69) is 6.92 Å². The Balaban J connectivity index is 4.01. The first kappa shape index (κ1) is 13.4. The second-order valence-corrected chi connectivity index (χ2v) is 3.68. The standard InChI is InChI=1S/C11H22O3/c1-4-6-7-10(8-9(3)12)11(13)14-5-2/h9-10,12H,4-8H2,1-3H3. The van der Waals surface area contributed by atoms with Gasteiger partial charge >= 0.3 is 5.97 Å². The minimum absolute atomic E-state index is 0.130. The largest absolute Gasteiger partial charge is 0.466 e. The van der Waals surface area contributed by atoms with Crippen molar-refractivity contribution in [3.8, 4) is 0 Å². The molecule has 3 nitrogen and oxygen atoms in total. The zero-order chi connectivity index (χ0) is 11.0. The summed E-state index contributed by atoms with van der Waals surface area (Å²) in [6.07, 6.45) is 2.98. The molecular weight excluding hydrogens is 180 g/mol. The minimum atomic E-state index is -0.429. The molecule has 0 heterocycles. The molecule has 0 fully saturated rings. The number of hydrogen-bond acceptors (Lipinski definition) is 3. The van der Waals surface area contributed by atoms with E-state index in [-0.39, 0.29) is 11.9 Å². The summed E-state index contributed by atoms with van der Waals surface area (Å²) in [6.45, 7) is 6.02. The Labute approximate surface area is 86.5 Å². The molecule has 14 heavy (non-hydrogen) atoms. The van der Waals surface area contributed by atoms with Crippen LogP contribution in [0.4, 0.5) is 0 Å². The highest BCUT2D eigenvalue weighted by Gasteiger charge is 2.20. The van der Waals surface area contributed by atoms with E-state index in [0.29, 0.717) is 13.0 Å². The number of carbonyl (C=O) groups excluding carboxylic acids is 1. The van der Waals surface area contributed by atoms with Crippen molar-refractivity contribution in [2.75, 3.05) is 6.61 Å². The molecule has 0 amide bonds. The zero-order valence-corrected chi connectivity index (χ0v) is 9.45. The maximum Gasteiger partial charge on any atom is 0.309 e. The molecule has 0 aliphatic carbocycles. The van der Waals surface area contributed by atoms with Crippen molar-refractivity contribution >= 4 is 5.97 Å². The quantitative estimate of drug-likeness (QED) is 0.643. The van der Waals surface area contributed by atoms with E-state index in [9.17, 15) is 9.90 Å². The molecule has 3 heteroatoms. The third-order valence-electron chi connectivity index (χ3n) is 2.15.